The van der Waals surface area contributed by atoms with Crippen LogP contribution in [0, 0.1) is 6.92 Å². The molecule has 0 unspecified atom stereocenters. The number of ether oxygens (including phenoxy) is 1. The average molecular weight is 222 g/mol. The molecule has 0 spiro atoms. The summed E-state index contributed by atoms with van der Waals surface area (Å²) in [4.78, 5) is 6.31. The molecule has 1 rings (SSSR count). The molecule has 1 aromatic carbocycles. The van der Waals surface area contributed by atoms with Gasteiger partial charge in [-0.05, 0) is 25.5 Å². The van der Waals surface area contributed by atoms with Crippen LogP contribution in [0.4, 0.5) is 5.69 Å². The number of phenols is 1. The fourth-order valence-electron chi connectivity index (χ4n) is 1.21. The van der Waals surface area contributed by atoms with Gasteiger partial charge in [-0.1, -0.05) is 0 Å². The van der Waals surface area contributed by atoms with Crippen molar-refractivity contribution in [2.24, 2.45) is 4.99 Å². The molecule has 0 atom stereocenters. The minimum Gasteiger partial charge on any atom is -0.504 e. The van der Waals surface area contributed by atoms with Gasteiger partial charge in [0, 0.05) is 19.7 Å². The van der Waals surface area contributed by atoms with E-state index in [0.29, 0.717) is 5.75 Å². The lowest BCUT2D eigenvalue weighted by molar-refractivity contribution is 0.373. The molecule has 88 valence electrons. The predicted octanol–water partition coefficient (Wildman–Crippen LogP) is 2.32. The van der Waals surface area contributed by atoms with E-state index in [1.165, 1.54) is 7.11 Å². The quantitative estimate of drug-likeness (QED) is 0.628. The van der Waals surface area contributed by atoms with E-state index in [1.807, 2.05) is 18.9 Å². The molecule has 1 aromatic rings. The van der Waals surface area contributed by atoms with Crippen molar-refractivity contribution in [3.05, 3.63) is 17.7 Å². The fourth-order valence-corrected chi connectivity index (χ4v) is 1.21. The second kappa shape index (κ2) is 5.39. The second-order valence-corrected chi connectivity index (χ2v) is 3.63. The highest BCUT2D eigenvalue weighted by molar-refractivity contribution is 5.65. The Labute approximate surface area is 96.2 Å². The number of hydrogen-bond acceptors (Lipinski definition) is 3. The van der Waals surface area contributed by atoms with E-state index in [-0.39, 0.29) is 5.75 Å². The Balaban J connectivity index is 3.00. The van der Waals surface area contributed by atoms with Gasteiger partial charge in [-0.2, -0.15) is 0 Å². The summed E-state index contributed by atoms with van der Waals surface area (Å²) in [5.41, 5.74) is 1.72. The summed E-state index contributed by atoms with van der Waals surface area (Å²) in [6, 6.07) is 3.38. The van der Waals surface area contributed by atoms with Crippen LogP contribution in [0.1, 0.15) is 12.5 Å². The molecule has 0 fully saturated rings. The molecule has 16 heavy (non-hydrogen) atoms. The molecule has 0 saturated carbocycles. The zero-order chi connectivity index (χ0) is 12.1. The molecular weight excluding hydrogens is 204 g/mol. The third-order valence-electron chi connectivity index (χ3n) is 2.39. The maximum absolute atomic E-state index is 9.55. The van der Waals surface area contributed by atoms with Crippen LogP contribution < -0.4 is 4.74 Å². The summed E-state index contributed by atoms with van der Waals surface area (Å²) in [6.45, 7) is 4.85. The maximum Gasteiger partial charge on any atom is 0.162 e. The fraction of sp³-hybridized carbons (Fsp3) is 0.417. The normalized spacial score (nSPS) is 10.8. The van der Waals surface area contributed by atoms with Crippen LogP contribution in [0.15, 0.2) is 17.1 Å². The standard InChI is InChI=1S/C12H18N2O2/c1-5-14(3)8-13-10-7-12(16-4)11(15)6-9(10)2/h6-8,15H,5H2,1-4H3. The number of rotatable bonds is 4. The van der Waals surface area contributed by atoms with Crippen LogP contribution in [-0.4, -0.2) is 37.0 Å². The van der Waals surface area contributed by atoms with E-state index in [0.717, 1.165) is 17.8 Å². The summed E-state index contributed by atoms with van der Waals surface area (Å²) in [5, 5.41) is 9.55. The van der Waals surface area contributed by atoms with E-state index in [9.17, 15) is 5.11 Å². The molecule has 0 aromatic heterocycles. The lowest BCUT2D eigenvalue weighted by atomic mass is 10.2. The van der Waals surface area contributed by atoms with Crippen LogP contribution in [0.3, 0.4) is 0 Å². The number of hydrogen-bond donors (Lipinski definition) is 1. The Morgan fingerprint density at radius 1 is 1.50 bits per heavy atom. The molecule has 1 N–H and O–H groups in total. The lowest BCUT2D eigenvalue weighted by Crippen LogP contribution is -2.14. The van der Waals surface area contributed by atoms with Crippen LogP contribution in [0.2, 0.25) is 0 Å². The van der Waals surface area contributed by atoms with Gasteiger partial charge in [-0.25, -0.2) is 4.99 Å². The van der Waals surface area contributed by atoms with Crippen LogP contribution in [0.25, 0.3) is 0 Å². The van der Waals surface area contributed by atoms with Crippen LogP contribution in [0.5, 0.6) is 11.5 Å². The smallest absolute Gasteiger partial charge is 0.162 e. The molecule has 4 heteroatoms. The number of phenolic OH excluding ortho intramolecular Hbond substituents is 1. The van der Waals surface area contributed by atoms with Gasteiger partial charge in [0.15, 0.2) is 11.5 Å². The first kappa shape index (κ1) is 12.4. The molecule has 0 amide bonds. The van der Waals surface area contributed by atoms with E-state index < -0.39 is 0 Å². The highest BCUT2D eigenvalue weighted by Crippen LogP contribution is 2.33. The zero-order valence-electron chi connectivity index (χ0n) is 10.2. The summed E-state index contributed by atoms with van der Waals surface area (Å²) < 4.78 is 5.04. The van der Waals surface area contributed by atoms with Gasteiger partial charge in [-0.15, -0.1) is 0 Å². The van der Waals surface area contributed by atoms with Crippen LogP contribution >= 0.6 is 0 Å². The number of aliphatic imine (C=N–C) groups is 1. The summed E-state index contributed by atoms with van der Waals surface area (Å²) in [6.07, 6.45) is 1.76. The van der Waals surface area contributed by atoms with Crippen molar-refractivity contribution >= 4 is 12.0 Å². The van der Waals surface area contributed by atoms with Gasteiger partial charge < -0.3 is 14.7 Å². The van der Waals surface area contributed by atoms with E-state index in [2.05, 4.69) is 11.9 Å². The van der Waals surface area contributed by atoms with Crippen molar-refractivity contribution in [3.63, 3.8) is 0 Å². The molecule has 0 radical (unpaired) electrons. The van der Waals surface area contributed by atoms with Crippen molar-refractivity contribution in [2.45, 2.75) is 13.8 Å². The Morgan fingerprint density at radius 2 is 2.19 bits per heavy atom. The highest BCUT2D eigenvalue weighted by atomic mass is 16.5. The molecule has 0 heterocycles. The van der Waals surface area contributed by atoms with Crippen molar-refractivity contribution in [1.29, 1.82) is 0 Å². The predicted molar refractivity (Wildman–Crippen MR) is 65.9 cm³/mol. The largest absolute Gasteiger partial charge is 0.504 e. The Kier molecular flexibility index (Phi) is 4.17. The van der Waals surface area contributed by atoms with Gasteiger partial charge >= 0.3 is 0 Å². The van der Waals surface area contributed by atoms with E-state index in [1.54, 1.807) is 18.5 Å². The third-order valence-corrected chi connectivity index (χ3v) is 2.39. The maximum atomic E-state index is 9.55. The second-order valence-electron chi connectivity index (χ2n) is 3.63. The van der Waals surface area contributed by atoms with Crippen molar-refractivity contribution in [2.75, 3.05) is 20.7 Å². The van der Waals surface area contributed by atoms with Gasteiger partial charge in [0.1, 0.15) is 0 Å². The van der Waals surface area contributed by atoms with Gasteiger partial charge in [-0.3, -0.25) is 0 Å². The highest BCUT2D eigenvalue weighted by Gasteiger charge is 2.05. The number of aromatic hydroxyl groups is 1. The SMILES string of the molecule is CCN(C)C=Nc1cc(OC)c(O)cc1C. The third kappa shape index (κ3) is 2.89. The number of aryl methyl sites for hydroxylation is 1. The molecule has 0 aliphatic carbocycles. The molecule has 0 aliphatic rings. The van der Waals surface area contributed by atoms with Gasteiger partial charge in [0.2, 0.25) is 0 Å². The summed E-state index contributed by atoms with van der Waals surface area (Å²) in [5.74, 6) is 0.583. The average Bonchev–Trinajstić information content (AvgIpc) is 2.27. The number of nitrogens with zero attached hydrogens (tertiary/aromatic N) is 2. The van der Waals surface area contributed by atoms with Gasteiger partial charge in [0.25, 0.3) is 0 Å². The Bertz CT molecular complexity index is 389. The lowest BCUT2D eigenvalue weighted by Gasteiger charge is -2.10. The first-order chi connectivity index (χ1) is 7.58. The van der Waals surface area contributed by atoms with E-state index >= 15 is 0 Å². The van der Waals surface area contributed by atoms with Gasteiger partial charge in [0.05, 0.1) is 19.1 Å². The minimum absolute atomic E-state index is 0.141. The van der Waals surface area contributed by atoms with Crippen molar-refractivity contribution in [1.82, 2.24) is 4.90 Å². The summed E-state index contributed by atoms with van der Waals surface area (Å²) in [7, 11) is 3.48. The van der Waals surface area contributed by atoms with Crippen molar-refractivity contribution in [3.8, 4) is 11.5 Å². The minimum atomic E-state index is 0.141. The Morgan fingerprint density at radius 3 is 2.75 bits per heavy atom. The molecular formula is C12H18N2O2. The monoisotopic (exact) mass is 222 g/mol. The topological polar surface area (TPSA) is 45.1 Å². The molecule has 4 nitrogen and oxygen atoms in total. The first-order valence-electron chi connectivity index (χ1n) is 5.20. The number of benzene rings is 1. The van der Waals surface area contributed by atoms with E-state index in [4.69, 9.17) is 4.74 Å². The summed E-state index contributed by atoms with van der Waals surface area (Å²) >= 11 is 0. The molecule has 0 bridgehead atoms. The number of methoxy groups -OCH3 is 1. The van der Waals surface area contributed by atoms with Crippen molar-refractivity contribution < 1.29 is 9.84 Å². The Hall–Kier alpha value is -1.71. The zero-order valence-corrected chi connectivity index (χ0v) is 10.2. The van der Waals surface area contributed by atoms with Crippen LogP contribution in [-0.2, 0) is 0 Å². The molecule has 0 aliphatic heterocycles. The first-order valence-corrected chi connectivity index (χ1v) is 5.20. The molecule has 0 saturated heterocycles.